The SMILES string of the molecule is Cc1ccc(C(CC(N)=O)N2CC3(C)CN(C(=O)c4c(C)ccnc4C)CC3(C)C2)cc1Cl. The molecule has 33 heavy (non-hydrogen) atoms. The lowest BCUT2D eigenvalue weighted by Gasteiger charge is -2.31. The van der Waals surface area contributed by atoms with E-state index < -0.39 is 0 Å². The molecule has 2 aliphatic rings. The lowest BCUT2D eigenvalue weighted by molar-refractivity contribution is -0.119. The van der Waals surface area contributed by atoms with Crippen molar-refractivity contribution in [2.24, 2.45) is 16.6 Å². The second-order valence-corrected chi connectivity index (χ2v) is 10.9. The zero-order valence-electron chi connectivity index (χ0n) is 20.1. The van der Waals surface area contributed by atoms with Gasteiger partial charge < -0.3 is 10.6 Å². The van der Waals surface area contributed by atoms with Gasteiger partial charge in [-0.25, -0.2) is 0 Å². The Morgan fingerprint density at radius 1 is 1.06 bits per heavy atom. The Bertz CT molecular complexity index is 1080. The highest BCUT2D eigenvalue weighted by Gasteiger charge is 2.59. The van der Waals surface area contributed by atoms with Gasteiger partial charge in [-0.1, -0.05) is 37.6 Å². The minimum Gasteiger partial charge on any atom is -0.370 e. The quantitative estimate of drug-likeness (QED) is 0.717. The number of carbonyl (C=O) groups excluding carboxylic acids is 2. The molecule has 4 rings (SSSR count). The molecule has 2 aliphatic heterocycles. The van der Waals surface area contributed by atoms with E-state index >= 15 is 0 Å². The number of hydrogen-bond acceptors (Lipinski definition) is 4. The molecule has 176 valence electrons. The average molecular weight is 469 g/mol. The van der Waals surface area contributed by atoms with Crippen LogP contribution in [0.15, 0.2) is 30.5 Å². The number of primary amides is 1. The zero-order valence-corrected chi connectivity index (χ0v) is 20.9. The summed E-state index contributed by atoms with van der Waals surface area (Å²) in [5.74, 6) is -0.274. The van der Waals surface area contributed by atoms with Gasteiger partial charge >= 0.3 is 0 Å². The number of amides is 2. The highest BCUT2D eigenvalue weighted by molar-refractivity contribution is 6.31. The zero-order chi connectivity index (χ0) is 24.1. The van der Waals surface area contributed by atoms with Crippen LogP contribution in [-0.2, 0) is 4.79 Å². The molecule has 2 N–H and O–H groups in total. The molecule has 0 spiro atoms. The van der Waals surface area contributed by atoms with E-state index in [9.17, 15) is 9.59 Å². The summed E-state index contributed by atoms with van der Waals surface area (Å²) in [4.78, 5) is 34.1. The second-order valence-electron chi connectivity index (χ2n) is 10.5. The average Bonchev–Trinajstić information content (AvgIpc) is 3.12. The van der Waals surface area contributed by atoms with Crippen LogP contribution < -0.4 is 5.73 Å². The molecule has 0 saturated carbocycles. The van der Waals surface area contributed by atoms with Crippen LogP contribution in [0.25, 0.3) is 0 Å². The topological polar surface area (TPSA) is 79.5 Å². The van der Waals surface area contributed by atoms with Crippen LogP contribution in [0.1, 0.15) is 59.1 Å². The minimum atomic E-state index is -0.330. The van der Waals surface area contributed by atoms with E-state index in [1.807, 2.05) is 49.9 Å². The number of likely N-dealkylation sites (tertiary alicyclic amines) is 2. The predicted molar refractivity (Wildman–Crippen MR) is 130 cm³/mol. The van der Waals surface area contributed by atoms with E-state index in [0.717, 1.165) is 35.5 Å². The molecule has 6 nitrogen and oxygen atoms in total. The van der Waals surface area contributed by atoms with Crippen molar-refractivity contribution in [3.8, 4) is 0 Å². The van der Waals surface area contributed by atoms with E-state index in [2.05, 4.69) is 23.7 Å². The summed E-state index contributed by atoms with van der Waals surface area (Å²) in [5, 5.41) is 0.692. The first-order valence-electron chi connectivity index (χ1n) is 11.4. The molecule has 0 radical (unpaired) electrons. The number of rotatable bonds is 5. The maximum Gasteiger partial charge on any atom is 0.256 e. The third-order valence-corrected chi connectivity index (χ3v) is 8.31. The number of fused-ring (bicyclic) bond motifs is 1. The Hall–Kier alpha value is -2.44. The third kappa shape index (κ3) is 4.15. The molecule has 2 fully saturated rings. The van der Waals surface area contributed by atoms with Crippen molar-refractivity contribution in [2.45, 2.75) is 47.1 Å². The van der Waals surface area contributed by atoms with Crippen LogP contribution in [-0.4, -0.2) is 52.8 Å². The van der Waals surface area contributed by atoms with Crippen molar-refractivity contribution in [2.75, 3.05) is 26.2 Å². The smallest absolute Gasteiger partial charge is 0.256 e. The largest absolute Gasteiger partial charge is 0.370 e. The molecule has 0 aliphatic carbocycles. The van der Waals surface area contributed by atoms with E-state index in [0.29, 0.717) is 23.7 Å². The molecule has 2 aromatic rings. The van der Waals surface area contributed by atoms with E-state index in [4.69, 9.17) is 17.3 Å². The first-order chi connectivity index (χ1) is 15.4. The Morgan fingerprint density at radius 3 is 2.24 bits per heavy atom. The van der Waals surface area contributed by atoms with Gasteiger partial charge in [-0.2, -0.15) is 0 Å². The first kappa shape index (κ1) is 23.7. The van der Waals surface area contributed by atoms with Crippen LogP contribution in [0, 0.1) is 31.6 Å². The van der Waals surface area contributed by atoms with Gasteiger partial charge in [0.2, 0.25) is 5.91 Å². The number of halogens is 1. The van der Waals surface area contributed by atoms with Crippen molar-refractivity contribution < 1.29 is 9.59 Å². The Morgan fingerprint density at radius 2 is 1.70 bits per heavy atom. The van der Waals surface area contributed by atoms with Crippen LogP contribution in [0.3, 0.4) is 0 Å². The number of benzene rings is 1. The molecule has 2 saturated heterocycles. The van der Waals surface area contributed by atoms with Gasteiger partial charge in [0.1, 0.15) is 0 Å². The highest BCUT2D eigenvalue weighted by Crippen LogP contribution is 2.54. The summed E-state index contributed by atoms with van der Waals surface area (Å²) in [6, 6.07) is 7.74. The number of hydrogen-bond donors (Lipinski definition) is 1. The molecular weight excluding hydrogens is 436 g/mol. The molecule has 1 aromatic carbocycles. The van der Waals surface area contributed by atoms with E-state index in [-0.39, 0.29) is 35.1 Å². The lowest BCUT2D eigenvalue weighted by Crippen LogP contribution is -2.38. The van der Waals surface area contributed by atoms with Crippen molar-refractivity contribution in [1.82, 2.24) is 14.8 Å². The van der Waals surface area contributed by atoms with Crippen molar-refractivity contribution in [1.29, 1.82) is 0 Å². The molecule has 3 atom stereocenters. The third-order valence-electron chi connectivity index (χ3n) is 7.91. The predicted octanol–water partition coefficient (Wildman–Crippen LogP) is 4.06. The lowest BCUT2D eigenvalue weighted by atomic mass is 9.71. The maximum atomic E-state index is 13.5. The van der Waals surface area contributed by atoms with Crippen LogP contribution in [0.4, 0.5) is 0 Å². The second kappa shape index (κ2) is 8.41. The highest BCUT2D eigenvalue weighted by atomic mass is 35.5. The number of nitrogens with two attached hydrogens (primary N) is 1. The molecule has 7 heteroatoms. The van der Waals surface area contributed by atoms with Crippen LogP contribution in [0.5, 0.6) is 0 Å². The number of aromatic nitrogens is 1. The molecular formula is C26H33ClN4O2. The molecule has 3 unspecified atom stereocenters. The fourth-order valence-corrected chi connectivity index (χ4v) is 5.91. The van der Waals surface area contributed by atoms with Crippen molar-refractivity contribution >= 4 is 23.4 Å². The van der Waals surface area contributed by atoms with Gasteiger partial charge in [0.15, 0.2) is 0 Å². The van der Waals surface area contributed by atoms with Gasteiger partial charge in [0, 0.05) is 60.7 Å². The summed E-state index contributed by atoms with van der Waals surface area (Å²) in [5.41, 5.74) is 9.89. The van der Waals surface area contributed by atoms with Crippen molar-refractivity contribution in [3.05, 3.63) is 63.4 Å². The monoisotopic (exact) mass is 468 g/mol. The summed E-state index contributed by atoms with van der Waals surface area (Å²) in [7, 11) is 0. The fraction of sp³-hybridized carbons (Fsp3) is 0.500. The van der Waals surface area contributed by atoms with Crippen LogP contribution >= 0.6 is 11.6 Å². The van der Waals surface area contributed by atoms with Gasteiger partial charge in [-0.15, -0.1) is 0 Å². The summed E-state index contributed by atoms with van der Waals surface area (Å²) in [6.07, 6.45) is 1.99. The molecule has 3 heterocycles. The number of carbonyl (C=O) groups is 2. The number of aryl methyl sites for hydroxylation is 3. The van der Waals surface area contributed by atoms with Gasteiger partial charge in [0.05, 0.1) is 11.3 Å². The summed E-state index contributed by atoms with van der Waals surface area (Å²) < 4.78 is 0. The number of nitrogens with zero attached hydrogens (tertiary/aromatic N) is 3. The van der Waals surface area contributed by atoms with Gasteiger partial charge in [-0.3, -0.25) is 19.5 Å². The fourth-order valence-electron chi connectivity index (χ4n) is 5.72. The minimum absolute atomic E-state index is 0.0560. The Kier molecular flexibility index (Phi) is 6.04. The van der Waals surface area contributed by atoms with Crippen LogP contribution in [0.2, 0.25) is 5.02 Å². The van der Waals surface area contributed by atoms with Gasteiger partial charge in [0.25, 0.3) is 5.91 Å². The Balaban J connectivity index is 1.59. The standard InChI is InChI=1S/C26H33ClN4O2/c1-16-6-7-19(10-20(16)27)21(11-22(28)32)30-12-25(4)14-31(15-26(25,5)13-30)24(33)23-17(2)8-9-29-18(23)3/h6-10,21H,11-15H2,1-5H3,(H2,28,32). The first-order valence-corrected chi connectivity index (χ1v) is 11.8. The normalized spacial score (nSPS) is 25.8. The van der Waals surface area contributed by atoms with E-state index in [1.165, 1.54) is 0 Å². The van der Waals surface area contributed by atoms with E-state index in [1.54, 1.807) is 6.20 Å². The maximum absolute atomic E-state index is 13.5. The summed E-state index contributed by atoms with van der Waals surface area (Å²) in [6.45, 7) is 13.2. The number of pyridine rings is 1. The molecule has 1 aromatic heterocycles. The Labute approximate surface area is 201 Å². The molecule has 0 bridgehead atoms. The van der Waals surface area contributed by atoms with Crippen molar-refractivity contribution in [3.63, 3.8) is 0 Å². The van der Waals surface area contributed by atoms with Gasteiger partial charge in [-0.05, 0) is 49.6 Å². The summed E-state index contributed by atoms with van der Waals surface area (Å²) >= 11 is 6.41. The molecule has 2 amide bonds.